The Morgan fingerprint density at radius 3 is 2.54 bits per heavy atom. The molecule has 0 atom stereocenters. The van der Waals surface area contributed by atoms with E-state index in [1.165, 1.54) is 46.9 Å². The van der Waals surface area contributed by atoms with Gasteiger partial charge in [0.05, 0.1) is 4.90 Å². The van der Waals surface area contributed by atoms with Crippen LogP contribution in [0.1, 0.15) is 12.8 Å². The molecule has 1 fully saturated rings. The van der Waals surface area contributed by atoms with Crippen LogP contribution in [0.25, 0.3) is 0 Å². The Kier molecular flexibility index (Phi) is 5.85. The number of pyridine rings is 1. The standard InChI is InChI=1S/C17H18N4O6S/c22-16(12-27-15-4-3-9-18-17(15)21(23)24)19-13-5-7-14(8-6-13)28(25,26)20-10-1-2-11-20/h3-9H,1-2,10-12H2,(H,19,22). The van der Waals surface area contributed by atoms with Gasteiger partial charge in [-0.1, -0.05) is 0 Å². The van der Waals surface area contributed by atoms with Crippen LogP contribution >= 0.6 is 0 Å². The van der Waals surface area contributed by atoms with Gasteiger partial charge in [-0.25, -0.2) is 8.42 Å². The number of nitro groups is 1. The quantitative estimate of drug-likeness (QED) is 0.547. The van der Waals surface area contributed by atoms with Crippen molar-refractivity contribution in [3.8, 4) is 5.75 Å². The number of aromatic nitrogens is 1. The van der Waals surface area contributed by atoms with Gasteiger partial charge < -0.3 is 20.2 Å². The van der Waals surface area contributed by atoms with Gasteiger partial charge in [-0.3, -0.25) is 4.79 Å². The van der Waals surface area contributed by atoms with Crippen molar-refractivity contribution < 1.29 is 22.9 Å². The van der Waals surface area contributed by atoms with E-state index in [0.29, 0.717) is 18.8 Å². The van der Waals surface area contributed by atoms with Crippen molar-refractivity contribution in [1.82, 2.24) is 9.29 Å². The molecule has 1 aromatic carbocycles. The molecule has 1 aromatic heterocycles. The van der Waals surface area contributed by atoms with Crippen LogP contribution in [-0.2, 0) is 14.8 Å². The number of nitrogens with one attached hydrogen (secondary N) is 1. The lowest BCUT2D eigenvalue weighted by Gasteiger charge is -2.15. The first kappa shape index (κ1) is 19.7. The molecular formula is C17H18N4O6S. The summed E-state index contributed by atoms with van der Waals surface area (Å²) in [5, 5.41) is 13.4. The topological polar surface area (TPSA) is 132 Å². The molecule has 2 aromatic rings. The van der Waals surface area contributed by atoms with E-state index in [1.807, 2.05) is 0 Å². The molecule has 1 amide bonds. The average molecular weight is 406 g/mol. The van der Waals surface area contributed by atoms with Gasteiger partial charge in [0.25, 0.3) is 5.91 Å². The van der Waals surface area contributed by atoms with Crippen LogP contribution in [0.3, 0.4) is 0 Å². The number of hydrogen-bond acceptors (Lipinski definition) is 7. The highest BCUT2D eigenvalue weighted by Crippen LogP contribution is 2.24. The summed E-state index contributed by atoms with van der Waals surface area (Å²) in [7, 11) is -3.52. The number of carbonyl (C=O) groups excluding carboxylic acids is 1. The van der Waals surface area contributed by atoms with E-state index in [4.69, 9.17) is 4.74 Å². The number of anilines is 1. The smallest absolute Gasteiger partial charge is 0.406 e. The lowest BCUT2D eigenvalue weighted by Crippen LogP contribution is -2.27. The van der Waals surface area contributed by atoms with E-state index < -0.39 is 33.3 Å². The second-order valence-corrected chi connectivity index (χ2v) is 7.99. The van der Waals surface area contributed by atoms with E-state index in [2.05, 4.69) is 10.3 Å². The largest absolute Gasteiger partial charge is 0.476 e. The van der Waals surface area contributed by atoms with Gasteiger partial charge in [0.15, 0.2) is 6.61 Å². The first-order chi connectivity index (χ1) is 13.4. The fourth-order valence-electron chi connectivity index (χ4n) is 2.76. The normalized spacial score (nSPS) is 14.6. The summed E-state index contributed by atoms with van der Waals surface area (Å²) in [4.78, 5) is 25.9. The molecule has 3 rings (SSSR count). The minimum Gasteiger partial charge on any atom is -0.476 e. The van der Waals surface area contributed by atoms with Crippen LogP contribution in [0, 0.1) is 10.1 Å². The molecule has 1 N–H and O–H groups in total. The predicted octanol–water partition coefficient (Wildman–Crippen LogP) is 1.79. The van der Waals surface area contributed by atoms with Crippen LogP contribution in [0.2, 0.25) is 0 Å². The number of nitrogens with zero attached hydrogens (tertiary/aromatic N) is 3. The first-order valence-electron chi connectivity index (χ1n) is 8.50. The number of benzene rings is 1. The Morgan fingerprint density at radius 1 is 1.21 bits per heavy atom. The molecule has 0 saturated carbocycles. The van der Waals surface area contributed by atoms with Gasteiger partial charge in [0, 0.05) is 18.8 Å². The van der Waals surface area contributed by atoms with Crippen molar-refractivity contribution in [2.75, 3.05) is 25.0 Å². The fraction of sp³-hybridized carbons (Fsp3) is 0.294. The van der Waals surface area contributed by atoms with E-state index in [-0.39, 0.29) is 10.6 Å². The molecule has 148 valence electrons. The Labute approximate surface area is 161 Å². The van der Waals surface area contributed by atoms with Crippen molar-refractivity contribution in [1.29, 1.82) is 0 Å². The maximum Gasteiger partial charge on any atom is 0.406 e. The van der Waals surface area contributed by atoms with Crippen LogP contribution in [0.5, 0.6) is 5.75 Å². The molecule has 28 heavy (non-hydrogen) atoms. The Balaban J connectivity index is 1.60. The third kappa shape index (κ3) is 4.43. The summed E-state index contributed by atoms with van der Waals surface area (Å²) in [6, 6.07) is 8.61. The molecule has 0 aliphatic carbocycles. The number of ether oxygens (including phenoxy) is 1. The minimum absolute atomic E-state index is 0.116. The van der Waals surface area contributed by atoms with E-state index in [1.54, 1.807) is 0 Å². The van der Waals surface area contributed by atoms with Gasteiger partial charge in [0.2, 0.25) is 15.8 Å². The SMILES string of the molecule is O=C(COc1cccnc1[N+](=O)[O-])Nc1ccc(S(=O)(=O)N2CCCC2)cc1. The number of rotatable bonds is 7. The lowest BCUT2D eigenvalue weighted by molar-refractivity contribution is -0.390. The van der Waals surface area contributed by atoms with Crippen LogP contribution in [-0.4, -0.2) is 48.2 Å². The molecule has 0 radical (unpaired) electrons. The maximum atomic E-state index is 12.5. The van der Waals surface area contributed by atoms with Gasteiger partial charge >= 0.3 is 5.82 Å². The number of hydrogen-bond donors (Lipinski definition) is 1. The Morgan fingerprint density at radius 2 is 1.89 bits per heavy atom. The van der Waals surface area contributed by atoms with Crippen LogP contribution in [0.4, 0.5) is 11.5 Å². The average Bonchev–Trinajstić information content (AvgIpc) is 3.23. The van der Waals surface area contributed by atoms with Gasteiger partial charge in [-0.15, -0.1) is 0 Å². The molecule has 2 heterocycles. The summed E-state index contributed by atoms with van der Waals surface area (Å²) in [5.41, 5.74) is 0.384. The highest BCUT2D eigenvalue weighted by atomic mass is 32.2. The van der Waals surface area contributed by atoms with E-state index in [9.17, 15) is 23.3 Å². The second-order valence-electron chi connectivity index (χ2n) is 6.05. The van der Waals surface area contributed by atoms with Crippen molar-refractivity contribution >= 4 is 27.4 Å². The van der Waals surface area contributed by atoms with Crippen molar-refractivity contribution in [2.24, 2.45) is 0 Å². The fourth-order valence-corrected chi connectivity index (χ4v) is 4.28. The number of sulfonamides is 1. The molecular weight excluding hydrogens is 388 g/mol. The van der Waals surface area contributed by atoms with Gasteiger partial charge in [0.1, 0.15) is 6.20 Å². The zero-order chi connectivity index (χ0) is 20.1. The molecule has 11 heteroatoms. The van der Waals surface area contributed by atoms with Gasteiger partial charge in [-0.05, 0) is 59.1 Å². The van der Waals surface area contributed by atoms with E-state index in [0.717, 1.165) is 12.8 Å². The second kappa shape index (κ2) is 8.31. The van der Waals surface area contributed by atoms with Crippen LogP contribution < -0.4 is 10.1 Å². The first-order valence-corrected chi connectivity index (χ1v) is 9.94. The molecule has 0 unspecified atom stereocenters. The van der Waals surface area contributed by atoms with Crippen LogP contribution in [0.15, 0.2) is 47.5 Å². The number of carbonyl (C=O) groups is 1. The Hall–Kier alpha value is -3.05. The highest BCUT2D eigenvalue weighted by Gasteiger charge is 2.27. The zero-order valence-electron chi connectivity index (χ0n) is 14.8. The summed E-state index contributed by atoms with van der Waals surface area (Å²) < 4.78 is 31.5. The minimum atomic E-state index is -3.52. The van der Waals surface area contributed by atoms with Crippen molar-refractivity contribution in [3.63, 3.8) is 0 Å². The molecule has 1 saturated heterocycles. The maximum absolute atomic E-state index is 12.5. The van der Waals surface area contributed by atoms with E-state index >= 15 is 0 Å². The molecule has 1 aliphatic heterocycles. The third-order valence-corrected chi connectivity index (χ3v) is 6.04. The highest BCUT2D eigenvalue weighted by molar-refractivity contribution is 7.89. The molecule has 1 aliphatic rings. The molecule has 0 bridgehead atoms. The van der Waals surface area contributed by atoms with Crippen molar-refractivity contribution in [2.45, 2.75) is 17.7 Å². The number of amides is 1. The summed E-state index contributed by atoms with van der Waals surface area (Å²) in [5.74, 6) is -1.14. The predicted molar refractivity (Wildman–Crippen MR) is 99.5 cm³/mol. The zero-order valence-corrected chi connectivity index (χ0v) is 15.6. The summed E-state index contributed by atoms with van der Waals surface area (Å²) in [6.07, 6.45) is 2.95. The lowest BCUT2D eigenvalue weighted by atomic mass is 10.3. The van der Waals surface area contributed by atoms with Gasteiger partial charge in [-0.2, -0.15) is 4.31 Å². The summed E-state index contributed by atoms with van der Waals surface area (Å²) in [6.45, 7) is 0.567. The molecule has 0 spiro atoms. The molecule has 10 nitrogen and oxygen atoms in total. The third-order valence-electron chi connectivity index (χ3n) is 4.12. The Bertz CT molecular complexity index is 971. The van der Waals surface area contributed by atoms with Crippen molar-refractivity contribution in [3.05, 3.63) is 52.7 Å². The summed E-state index contributed by atoms with van der Waals surface area (Å²) >= 11 is 0. The monoisotopic (exact) mass is 406 g/mol.